The second-order valence-electron chi connectivity index (χ2n) is 3.35. The number of alkyl halides is 2. The molecule has 1 aromatic carbocycles. The van der Waals surface area contributed by atoms with Crippen LogP contribution in [-0.4, -0.2) is 31.2 Å². The molecule has 2 N–H and O–H groups in total. The molecule has 0 unspecified atom stereocenters. The van der Waals surface area contributed by atoms with Gasteiger partial charge < -0.3 is 0 Å². The first-order valence-electron chi connectivity index (χ1n) is 4.80. The summed E-state index contributed by atoms with van der Waals surface area (Å²) in [5, 5.41) is -5.59. The predicted octanol–water partition coefficient (Wildman–Crippen LogP) is 2.48. The van der Waals surface area contributed by atoms with Gasteiger partial charge in [-0.15, -0.1) is 0 Å². The Balaban J connectivity index is 0.000000406. The molecule has 0 aliphatic heterocycles. The highest BCUT2D eigenvalue weighted by molar-refractivity contribution is 7.87. The molecule has 0 saturated carbocycles. The summed E-state index contributed by atoms with van der Waals surface area (Å²) >= 11 is 0. The second kappa shape index (κ2) is 7.13. The smallest absolute Gasteiger partial charge is 0.282 e. The van der Waals surface area contributed by atoms with Gasteiger partial charge in [0.1, 0.15) is 0 Å². The molecule has 0 heterocycles. The fraction of sp³-hybridized carbons (Fsp3) is 0.111. The van der Waals surface area contributed by atoms with Gasteiger partial charge in [0, 0.05) is 0 Å². The van der Waals surface area contributed by atoms with Crippen molar-refractivity contribution < 1.29 is 47.9 Å². The van der Waals surface area contributed by atoms with Crippen LogP contribution in [0.2, 0.25) is 0 Å². The zero-order chi connectivity index (χ0) is 17.8. The van der Waals surface area contributed by atoms with Crippen molar-refractivity contribution in [3.8, 4) is 0 Å². The molecule has 0 aliphatic rings. The number of hydrogen-bond donors (Lipinski definition) is 2. The number of rotatable bonds is 3. The fourth-order valence-corrected chi connectivity index (χ4v) is 1.62. The van der Waals surface area contributed by atoms with Gasteiger partial charge in [-0.25, -0.2) is 0 Å². The average molecular weight is 370 g/mol. The molecule has 0 atom stereocenters. The largest absolute Gasteiger partial charge is 0.425 e. The van der Waals surface area contributed by atoms with E-state index in [1.807, 2.05) is 0 Å². The zero-order valence-corrected chi connectivity index (χ0v) is 11.8. The number of halogens is 5. The lowest BCUT2D eigenvalue weighted by Gasteiger charge is -2.08. The minimum Gasteiger partial charge on any atom is -0.282 e. The van der Waals surface area contributed by atoms with Crippen LogP contribution < -0.4 is 0 Å². The van der Waals surface area contributed by atoms with Crippen molar-refractivity contribution in [3.05, 3.63) is 42.2 Å². The van der Waals surface area contributed by atoms with E-state index in [1.54, 1.807) is 18.2 Å². The molecular formula is C9H7F5O6S2. The summed E-state index contributed by atoms with van der Waals surface area (Å²) in [6.45, 7) is 0. The second-order valence-corrected chi connectivity index (χ2v) is 6.24. The molecule has 22 heavy (non-hydrogen) atoms. The van der Waals surface area contributed by atoms with E-state index in [4.69, 9.17) is 9.11 Å². The molecule has 0 saturated heterocycles. The van der Waals surface area contributed by atoms with Crippen LogP contribution in [-0.2, 0) is 20.2 Å². The maximum Gasteiger partial charge on any atom is 0.425 e. The van der Waals surface area contributed by atoms with Crippen LogP contribution in [0.5, 0.6) is 0 Å². The zero-order valence-electron chi connectivity index (χ0n) is 10.1. The summed E-state index contributed by atoms with van der Waals surface area (Å²) in [7, 11) is -10.2. The van der Waals surface area contributed by atoms with Gasteiger partial charge in [0.05, 0.1) is 4.90 Å². The van der Waals surface area contributed by atoms with Gasteiger partial charge >= 0.3 is 21.5 Å². The van der Waals surface area contributed by atoms with E-state index in [0.717, 1.165) is 0 Å². The molecule has 6 nitrogen and oxygen atoms in total. The average Bonchev–Trinajstić information content (AvgIpc) is 2.37. The van der Waals surface area contributed by atoms with Crippen molar-refractivity contribution in [2.75, 3.05) is 0 Å². The van der Waals surface area contributed by atoms with Crippen molar-refractivity contribution in [2.24, 2.45) is 0 Å². The topological polar surface area (TPSA) is 109 Å². The maximum absolute atomic E-state index is 11.8. The van der Waals surface area contributed by atoms with Crippen LogP contribution in [0.15, 0.2) is 47.1 Å². The monoisotopic (exact) mass is 370 g/mol. The van der Waals surface area contributed by atoms with E-state index < -0.39 is 37.4 Å². The Hall–Kier alpha value is -1.57. The van der Waals surface area contributed by atoms with Gasteiger partial charge in [-0.3, -0.25) is 9.11 Å². The van der Waals surface area contributed by atoms with Crippen molar-refractivity contribution >= 4 is 20.2 Å². The van der Waals surface area contributed by atoms with Crippen molar-refractivity contribution in [1.82, 2.24) is 0 Å². The molecule has 0 fully saturated rings. The first kappa shape index (κ1) is 20.4. The summed E-state index contributed by atoms with van der Waals surface area (Å²) in [5.74, 6) is -3.48. The highest BCUT2D eigenvalue weighted by atomic mass is 32.2. The Morgan fingerprint density at radius 2 is 1.32 bits per heavy atom. The minimum atomic E-state index is -6.19. The quantitative estimate of drug-likeness (QED) is 0.625. The van der Waals surface area contributed by atoms with Crippen molar-refractivity contribution in [3.63, 3.8) is 0 Å². The third kappa shape index (κ3) is 5.67. The molecule has 0 aromatic heterocycles. The minimum absolute atomic E-state index is 0.0741. The van der Waals surface area contributed by atoms with E-state index in [2.05, 4.69) is 0 Å². The molecule has 1 aromatic rings. The molecule has 126 valence electrons. The van der Waals surface area contributed by atoms with Crippen molar-refractivity contribution in [2.45, 2.75) is 10.2 Å². The Labute approximate surface area is 121 Å². The molecule has 13 heteroatoms. The lowest BCUT2D eigenvalue weighted by Crippen LogP contribution is -2.29. The van der Waals surface area contributed by atoms with Gasteiger partial charge in [-0.05, 0) is 12.1 Å². The number of hydrogen-bond acceptors (Lipinski definition) is 4. The molecule has 1 rings (SSSR count). The van der Waals surface area contributed by atoms with Gasteiger partial charge in [0.25, 0.3) is 15.9 Å². The molecule has 0 radical (unpaired) electrons. The van der Waals surface area contributed by atoms with Crippen LogP contribution in [0, 0.1) is 0 Å². The maximum atomic E-state index is 11.8. The Morgan fingerprint density at radius 3 is 1.50 bits per heavy atom. The Morgan fingerprint density at radius 1 is 0.909 bits per heavy atom. The lowest BCUT2D eigenvalue weighted by atomic mass is 10.4. The fourth-order valence-electron chi connectivity index (χ4n) is 0.816. The first-order valence-corrected chi connectivity index (χ1v) is 7.68. The van der Waals surface area contributed by atoms with Gasteiger partial charge in [0.2, 0.25) is 0 Å². The van der Waals surface area contributed by atoms with Gasteiger partial charge in [-0.1, -0.05) is 18.2 Å². The van der Waals surface area contributed by atoms with Crippen LogP contribution in [0.4, 0.5) is 22.0 Å². The summed E-state index contributed by atoms with van der Waals surface area (Å²) in [6.07, 6.45) is -3.50. The molecule has 0 spiro atoms. The van der Waals surface area contributed by atoms with Gasteiger partial charge in [0.15, 0.2) is 0 Å². The SMILES string of the molecule is O=S(=O)(O)C(F)(F)C(F)=C(F)F.O=S(=O)(O)c1ccccc1. The van der Waals surface area contributed by atoms with E-state index in [0.29, 0.717) is 0 Å². The van der Waals surface area contributed by atoms with E-state index >= 15 is 0 Å². The lowest BCUT2D eigenvalue weighted by molar-refractivity contribution is 0.0843. The normalized spacial score (nSPS) is 12.1. The van der Waals surface area contributed by atoms with Crippen molar-refractivity contribution in [1.29, 1.82) is 0 Å². The molecule has 0 amide bonds. The van der Waals surface area contributed by atoms with Crippen LogP contribution in [0.25, 0.3) is 0 Å². The Bertz CT molecular complexity index is 738. The standard InChI is InChI=1S/C6H6O3S.C3HF5O3S/c7-10(8,9)6-4-2-1-3-5-6;4-1(2(5)6)3(7,8)12(9,10)11/h1-5H,(H,7,8,9);(H,9,10,11). The third-order valence-corrected chi connectivity index (χ3v) is 3.48. The highest BCUT2D eigenvalue weighted by Gasteiger charge is 2.51. The van der Waals surface area contributed by atoms with Crippen LogP contribution >= 0.6 is 0 Å². The number of benzene rings is 1. The summed E-state index contributed by atoms with van der Waals surface area (Å²) in [6, 6.07) is 7.42. The Kier molecular flexibility index (Phi) is 6.62. The summed E-state index contributed by atoms with van der Waals surface area (Å²) < 4.78 is 114. The third-order valence-electron chi connectivity index (χ3n) is 1.79. The first-order chi connectivity index (χ1) is 9.71. The predicted molar refractivity (Wildman–Crippen MR) is 63.1 cm³/mol. The van der Waals surface area contributed by atoms with E-state index in [1.165, 1.54) is 12.1 Å². The summed E-state index contributed by atoms with van der Waals surface area (Å²) in [4.78, 5) is -0.0741. The molecular weight excluding hydrogens is 363 g/mol. The molecule has 0 bridgehead atoms. The highest BCUT2D eigenvalue weighted by Crippen LogP contribution is 2.33. The van der Waals surface area contributed by atoms with E-state index in [9.17, 15) is 38.8 Å². The van der Waals surface area contributed by atoms with Crippen LogP contribution in [0.3, 0.4) is 0 Å². The van der Waals surface area contributed by atoms with Gasteiger partial charge in [-0.2, -0.15) is 38.8 Å². The van der Waals surface area contributed by atoms with E-state index in [-0.39, 0.29) is 4.90 Å². The summed E-state index contributed by atoms with van der Waals surface area (Å²) in [5.41, 5.74) is 0. The van der Waals surface area contributed by atoms with Crippen LogP contribution in [0.1, 0.15) is 0 Å². The molecule has 0 aliphatic carbocycles.